The Labute approximate surface area is 324 Å². The fourth-order valence-electron chi connectivity index (χ4n) is 8.76. The second kappa shape index (κ2) is 14.5. The summed E-state index contributed by atoms with van der Waals surface area (Å²) in [5.41, 5.74) is -0.145. The first-order chi connectivity index (χ1) is 26.0. The Balaban J connectivity index is 1.28. The zero-order chi connectivity index (χ0) is 39.5. The van der Waals surface area contributed by atoms with Crippen molar-refractivity contribution in [2.75, 3.05) is 39.3 Å². The number of anilines is 1. The summed E-state index contributed by atoms with van der Waals surface area (Å²) in [6, 6.07) is 8.35. The SMILES string of the molecule is CO[C@@]12C[C@@H](C(=O)N[C@]3(C(=O)NS(=O)(=O)C4CC4)C[C@H]3C3CC3)N(C1)C(=O)[C@H](C(C)(C)C)NC(=O)OCCCCCCc1cc3cc2ccc3cc1N(C)C. The highest BCUT2D eigenvalue weighted by Crippen LogP contribution is 2.57. The third-order valence-corrected chi connectivity index (χ3v) is 14.3. The molecule has 7 rings (SSSR count). The Morgan fingerprint density at radius 2 is 1.71 bits per heavy atom. The molecule has 14 heteroatoms. The zero-order valence-electron chi connectivity index (χ0n) is 33.0. The summed E-state index contributed by atoms with van der Waals surface area (Å²) in [6.07, 6.45) is 6.89. The third kappa shape index (κ3) is 7.90. The van der Waals surface area contributed by atoms with Gasteiger partial charge in [-0.15, -0.1) is 0 Å². The summed E-state index contributed by atoms with van der Waals surface area (Å²) in [7, 11) is 1.79. The lowest BCUT2D eigenvalue weighted by molar-refractivity contribution is -0.143. The topological polar surface area (TPSA) is 163 Å². The van der Waals surface area contributed by atoms with Crippen molar-refractivity contribution in [2.24, 2.45) is 17.3 Å². The van der Waals surface area contributed by atoms with Crippen LogP contribution in [-0.2, 0) is 45.9 Å². The number of rotatable bonds is 8. The average molecular weight is 780 g/mol. The number of fused-ring (bicyclic) bond motifs is 5. The van der Waals surface area contributed by atoms with Crippen LogP contribution in [0.5, 0.6) is 0 Å². The summed E-state index contributed by atoms with van der Waals surface area (Å²) < 4.78 is 40.0. The first kappa shape index (κ1) is 39.3. The fraction of sp³-hybridized carbons (Fsp3) is 0.659. The number of ether oxygens (including phenoxy) is 2. The van der Waals surface area contributed by atoms with E-state index in [9.17, 15) is 27.6 Å². The number of carbonyl (C=O) groups excluding carboxylic acids is 4. The van der Waals surface area contributed by atoms with Gasteiger partial charge in [0.2, 0.25) is 21.8 Å². The Kier molecular flexibility index (Phi) is 10.4. The van der Waals surface area contributed by atoms with Crippen LogP contribution in [0.2, 0.25) is 0 Å². The van der Waals surface area contributed by atoms with Crippen LogP contribution < -0.4 is 20.3 Å². The molecule has 2 heterocycles. The molecule has 0 spiro atoms. The first-order valence-electron chi connectivity index (χ1n) is 19.9. The number of nitrogens with zero attached hydrogens (tertiary/aromatic N) is 2. The number of methoxy groups -OCH3 is 1. The summed E-state index contributed by atoms with van der Waals surface area (Å²) in [5.74, 6) is -1.75. The highest BCUT2D eigenvalue weighted by molar-refractivity contribution is 7.91. The number of nitrogens with one attached hydrogen (secondary N) is 3. The molecule has 0 radical (unpaired) electrons. The van der Waals surface area contributed by atoms with E-state index in [0.29, 0.717) is 25.7 Å². The first-order valence-corrected chi connectivity index (χ1v) is 21.4. The summed E-state index contributed by atoms with van der Waals surface area (Å²) >= 11 is 0. The minimum absolute atomic E-state index is 0.000811. The van der Waals surface area contributed by atoms with Crippen molar-refractivity contribution >= 4 is 50.3 Å². The van der Waals surface area contributed by atoms with Crippen molar-refractivity contribution in [3.63, 3.8) is 0 Å². The molecule has 0 aromatic heterocycles. The molecule has 3 saturated carbocycles. The maximum Gasteiger partial charge on any atom is 0.407 e. The largest absolute Gasteiger partial charge is 0.450 e. The molecule has 1 saturated heterocycles. The Bertz CT molecular complexity index is 1970. The van der Waals surface area contributed by atoms with Gasteiger partial charge >= 0.3 is 6.09 Å². The quantitative estimate of drug-likeness (QED) is 0.350. The second-order valence-corrected chi connectivity index (χ2v) is 19.8. The Morgan fingerprint density at radius 3 is 2.36 bits per heavy atom. The van der Waals surface area contributed by atoms with E-state index in [1.165, 1.54) is 10.5 Å². The second-order valence-electron chi connectivity index (χ2n) is 17.8. The van der Waals surface area contributed by atoms with Crippen molar-refractivity contribution < 1.29 is 37.1 Å². The maximum absolute atomic E-state index is 14.8. The Hall–Kier alpha value is -3.91. The van der Waals surface area contributed by atoms with Gasteiger partial charge in [0.15, 0.2) is 0 Å². The van der Waals surface area contributed by atoms with Crippen molar-refractivity contribution in [2.45, 2.75) is 120 Å². The third-order valence-electron chi connectivity index (χ3n) is 12.5. The van der Waals surface area contributed by atoms with Crippen LogP contribution in [0.3, 0.4) is 0 Å². The number of benzene rings is 2. The zero-order valence-corrected chi connectivity index (χ0v) is 33.9. The van der Waals surface area contributed by atoms with E-state index in [1.54, 1.807) is 7.11 Å². The number of sulfonamides is 1. The molecule has 5 aliphatic rings. The van der Waals surface area contributed by atoms with Gasteiger partial charge in [-0.1, -0.05) is 45.7 Å². The van der Waals surface area contributed by atoms with E-state index >= 15 is 0 Å². The van der Waals surface area contributed by atoms with Gasteiger partial charge in [0.25, 0.3) is 5.91 Å². The molecule has 300 valence electrons. The molecule has 2 aromatic rings. The van der Waals surface area contributed by atoms with Crippen LogP contribution in [0.4, 0.5) is 10.5 Å². The van der Waals surface area contributed by atoms with E-state index in [2.05, 4.69) is 38.5 Å². The normalized spacial score (nSPS) is 29.2. The van der Waals surface area contributed by atoms with Gasteiger partial charge in [-0.2, -0.15) is 0 Å². The van der Waals surface area contributed by atoms with E-state index in [-0.39, 0.29) is 31.4 Å². The lowest BCUT2D eigenvalue weighted by atomic mass is 9.85. The minimum atomic E-state index is -3.86. The van der Waals surface area contributed by atoms with Crippen molar-refractivity contribution in [1.29, 1.82) is 0 Å². The molecule has 3 N–H and O–H groups in total. The van der Waals surface area contributed by atoms with Crippen molar-refractivity contribution in [1.82, 2.24) is 20.3 Å². The molecule has 5 bridgehead atoms. The van der Waals surface area contributed by atoms with Crippen LogP contribution in [0.25, 0.3) is 10.8 Å². The van der Waals surface area contributed by atoms with Crippen LogP contribution in [0, 0.1) is 17.3 Å². The molecule has 5 atom stereocenters. The maximum atomic E-state index is 14.8. The number of hydrogen-bond donors (Lipinski definition) is 3. The van der Waals surface area contributed by atoms with Gasteiger partial charge in [-0.25, -0.2) is 13.2 Å². The molecule has 4 amide bonds. The highest BCUT2D eigenvalue weighted by atomic mass is 32.2. The molecular weight excluding hydrogens is 723 g/mol. The number of hydrogen-bond acceptors (Lipinski definition) is 9. The standard InChI is InChI=1S/C41H57N5O8S/c1-39(2,3)34-36(48)46-24-40(53-6,23-33(46)35(47)43-41(22-31(41)25-12-13-25)37(49)44-55(51,52)30-16-17-30)29-15-14-26-21-32(45(4)5)27(19-28(26)20-29)11-9-7-8-10-18-54-38(50)42-34/h14-15,19-21,25,30-31,33-34H,7-13,16-18,22-24H2,1-6H3,(H,42,50)(H,43,47)(H,44,49)/t31-,33-,34+,40-,41+/m0/s1. The van der Waals surface area contributed by atoms with Gasteiger partial charge in [-0.3, -0.25) is 19.1 Å². The van der Waals surface area contributed by atoms with Gasteiger partial charge in [0, 0.05) is 33.3 Å². The number of alkyl carbamates (subject to hydrolysis) is 1. The van der Waals surface area contributed by atoms with Crippen LogP contribution in [0.15, 0.2) is 30.3 Å². The van der Waals surface area contributed by atoms with Gasteiger partial charge in [0.05, 0.1) is 18.4 Å². The monoisotopic (exact) mass is 779 g/mol. The van der Waals surface area contributed by atoms with Gasteiger partial charge < -0.3 is 29.9 Å². The van der Waals surface area contributed by atoms with Crippen molar-refractivity contribution in [3.05, 3.63) is 41.5 Å². The fourth-order valence-corrected chi connectivity index (χ4v) is 10.1. The van der Waals surface area contributed by atoms with Crippen molar-refractivity contribution in [3.8, 4) is 0 Å². The number of cyclic esters (lactones) is 1. The lowest BCUT2D eigenvalue weighted by Crippen LogP contribution is -2.60. The number of carbonyl (C=O) groups is 4. The number of amides is 4. The molecule has 0 unspecified atom stereocenters. The molecule has 2 aromatic carbocycles. The predicted molar refractivity (Wildman–Crippen MR) is 209 cm³/mol. The molecule has 3 aliphatic carbocycles. The van der Waals surface area contributed by atoms with E-state index in [1.807, 2.05) is 47.0 Å². The predicted octanol–water partition coefficient (Wildman–Crippen LogP) is 4.50. The van der Waals surface area contributed by atoms with Gasteiger partial charge in [-0.05, 0) is 109 Å². The van der Waals surface area contributed by atoms with Gasteiger partial charge in [0.1, 0.15) is 23.2 Å². The average Bonchev–Trinajstić information content (AvgIpc) is 4.00. The summed E-state index contributed by atoms with van der Waals surface area (Å²) in [6.45, 7) is 5.73. The molecule has 55 heavy (non-hydrogen) atoms. The Morgan fingerprint density at radius 1 is 0.982 bits per heavy atom. The van der Waals surface area contributed by atoms with Crippen LogP contribution >= 0.6 is 0 Å². The van der Waals surface area contributed by atoms with Crippen LogP contribution in [-0.4, -0.2) is 94.4 Å². The molecule has 2 aliphatic heterocycles. The highest BCUT2D eigenvalue weighted by Gasteiger charge is 2.67. The summed E-state index contributed by atoms with van der Waals surface area (Å²) in [4.78, 5) is 60.2. The number of aryl methyl sites for hydroxylation is 1. The van der Waals surface area contributed by atoms with E-state index < -0.39 is 67.7 Å². The molecular formula is C41H57N5O8S. The molecule has 13 nitrogen and oxygen atoms in total. The van der Waals surface area contributed by atoms with E-state index in [0.717, 1.165) is 60.5 Å². The van der Waals surface area contributed by atoms with E-state index in [4.69, 9.17) is 9.47 Å². The molecule has 4 fully saturated rings. The smallest absolute Gasteiger partial charge is 0.407 e. The minimum Gasteiger partial charge on any atom is -0.450 e. The summed E-state index contributed by atoms with van der Waals surface area (Å²) in [5, 5.41) is 7.28. The lowest BCUT2D eigenvalue weighted by Gasteiger charge is -2.36. The van der Waals surface area contributed by atoms with Crippen LogP contribution in [0.1, 0.15) is 96.1 Å².